The molecule has 0 aliphatic heterocycles. The Hall–Kier alpha value is -0.0900. The van der Waals surface area contributed by atoms with Gasteiger partial charge in [-0.15, -0.1) is 0 Å². The molecule has 0 rings (SSSR count). The number of amides is 1. The van der Waals surface area contributed by atoms with Crippen LogP contribution in [0.3, 0.4) is 0 Å². The molecule has 0 aromatic carbocycles. The molecule has 0 atom stereocenters. The molecule has 0 heterocycles. The van der Waals surface area contributed by atoms with Crippen LogP contribution in [-0.4, -0.2) is 12.2 Å². The monoisotopic (exact) mass is 149 g/mol. The van der Waals surface area contributed by atoms with Gasteiger partial charge in [0.15, 0.2) is 0 Å². The molecule has 0 radical (unpaired) electrons. The molecule has 4 heteroatoms. The summed E-state index contributed by atoms with van der Waals surface area (Å²) in [5, 5.41) is 0. The van der Waals surface area contributed by atoms with E-state index in [4.69, 9.17) is 0 Å². The standard InChI is InChI=1S/C4H7NOS2/c1-3-4(6)5-8-7-2/h3H,1H2,2H3,(H,5,6). The van der Waals surface area contributed by atoms with E-state index in [1.165, 1.54) is 27.8 Å². The van der Waals surface area contributed by atoms with Crippen molar-refractivity contribution >= 4 is 27.7 Å². The van der Waals surface area contributed by atoms with Crippen LogP contribution in [0.15, 0.2) is 12.7 Å². The van der Waals surface area contributed by atoms with Gasteiger partial charge in [0.1, 0.15) is 0 Å². The Morgan fingerprint density at radius 3 is 2.88 bits per heavy atom. The molecule has 0 aromatic heterocycles. The molecule has 1 amide bonds. The van der Waals surface area contributed by atoms with E-state index in [2.05, 4.69) is 11.3 Å². The maximum atomic E-state index is 10.3. The van der Waals surface area contributed by atoms with Crippen LogP contribution in [0.4, 0.5) is 0 Å². The number of hydrogen-bond acceptors (Lipinski definition) is 3. The third kappa shape index (κ3) is 4.08. The van der Waals surface area contributed by atoms with Gasteiger partial charge in [0.2, 0.25) is 0 Å². The van der Waals surface area contributed by atoms with Crippen LogP contribution in [-0.2, 0) is 4.79 Å². The Morgan fingerprint density at radius 1 is 1.88 bits per heavy atom. The quantitative estimate of drug-likeness (QED) is 0.371. The zero-order valence-corrected chi connectivity index (χ0v) is 6.14. The first kappa shape index (κ1) is 7.91. The van der Waals surface area contributed by atoms with Crippen LogP contribution in [0, 0.1) is 0 Å². The molecule has 0 fully saturated rings. The third-order valence-corrected chi connectivity index (χ3v) is 1.61. The topological polar surface area (TPSA) is 29.1 Å². The summed E-state index contributed by atoms with van der Waals surface area (Å²) < 4.78 is 2.50. The molecule has 0 saturated heterocycles. The van der Waals surface area contributed by atoms with Gasteiger partial charge in [-0.1, -0.05) is 17.4 Å². The van der Waals surface area contributed by atoms with Crippen LogP contribution < -0.4 is 4.72 Å². The minimum atomic E-state index is -0.149. The number of nitrogens with one attached hydrogen (secondary N) is 1. The summed E-state index contributed by atoms with van der Waals surface area (Å²) in [6, 6.07) is 0. The van der Waals surface area contributed by atoms with Crippen molar-refractivity contribution in [3.05, 3.63) is 12.7 Å². The van der Waals surface area contributed by atoms with E-state index >= 15 is 0 Å². The highest BCUT2D eigenvalue weighted by Gasteiger charge is 1.88. The predicted octanol–water partition coefficient (Wildman–Crippen LogP) is 1.21. The van der Waals surface area contributed by atoms with E-state index in [1.807, 2.05) is 6.26 Å². The van der Waals surface area contributed by atoms with Crippen molar-refractivity contribution in [2.75, 3.05) is 6.26 Å². The maximum absolute atomic E-state index is 10.3. The first-order valence-corrected chi connectivity index (χ1v) is 4.49. The number of carbonyl (C=O) groups excluding carboxylic acids is 1. The fourth-order valence-corrected chi connectivity index (χ4v) is 0.870. The normalized spacial score (nSPS) is 8.12. The Morgan fingerprint density at radius 2 is 2.50 bits per heavy atom. The summed E-state index contributed by atoms with van der Waals surface area (Å²) in [6.45, 7) is 3.28. The molecular weight excluding hydrogens is 142 g/mol. The SMILES string of the molecule is C=CC(=O)NSSC. The Balaban J connectivity index is 3.11. The molecule has 1 N–H and O–H groups in total. The average Bonchev–Trinajstić information content (AvgIpc) is 1.83. The largest absolute Gasteiger partial charge is 0.287 e. The lowest BCUT2D eigenvalue weighted by molar-refractivity contribution is -0.114. The highest BCUT2D eigenvalue weighted by Crippen LogP contribution is 2.10. The van der Waals surface area contributed by atoms with Crippen LogP contribution in [0.25, 0.3) is 0 Å². The molecule has 0 aliphatic rings. The molecular formula is C4H7NOS2. The Labute approximate surface area is 56.6 Å². The third-order valence-electron chi connectivity index (χ3n) is 0.411. The van der Waals surface area contributed by atoms with Crippen molar-refractivity contribution in [1.82, 2.24) is 4.72 Å². The summed E-state index contributed by atoms with van der Waals surface area (Å²) in [7, 11) is 2.77. The lowest BCUT2D eigenvalue weighted by atomic mass is 10.6. The smallest absolute Gasteiger partial charge is 0.253 e. The van der Waals surface area contributed by atoms with E-state index in [-0.39, 0.29) is 5.91 Å². The van der Waals surface area contributed by atoms with E-state index < -0.39 is 0 Å². The van der Waals surface area contributed by atoms with Crippen LogP contribution in [0.5, 0.6) is 0 Å². The van der Waals surface area contributed by atoms with E-state index in [0.29, 0.717) is 0 Å². The molecule has 0 spiro atoms. The van der Waals surface area contributed by atoms with Crippen molar-refractivity contribution in [1.29, 1.82) is 0 Å². The van der Waals surface area contributed by atoms with E-state index in [1.54, 1.807) is 0 Å². The van der Waals surface area contributed by atoms with E-state index in [9.17, 15) is 4.79 Å². The summed E-state index contributed by atoms with van der Waals surface area (Å²) in [5.41, 5.74) is 0. The maximum Gasteiger partial charge on any atom is 0.253 e. The van der Waals surface area contributed by atoms with Gasteiger partial charge in [0.05, 0.1) is 0 Å². The summed E-state index contributed by atoms with van der Waals surface area (Å²) >= 11 is 0. The lowest BCUT2D eigenvalue weighted by Gasteiger charge is -1.92. The summed E-state index contributed by atoms with van der Waals surface area (Å²) in [6.07, 6.45) is 3.12. The zero-order valence-electron chi connectivity index (χ0n) is 4.51. The highest BCUT2D eigenvalue weighted by molar-refractivity contribution is 8.75. The van der Waals surface area contributed by atoms with Gasteiger partial charge >= 0.3 is 0 Å². The van der Waals surface area contributed by atoms with Crippen molar-refractivity contribution in [2.24, 2.45) is 0 Å². The molecule has 8 heavy (non-hydrogen) atoms. The van der Waals surface area contributed by atoms with Gasteiger partial charge < -0.3 is 0 Å². The lowest BCUT2D eigenvalue weighted by Crippen LogP contribution is -2.09. The average molecular weight is 149 g/mol. The van der Waals surface area contributed by atoms with Crippen LogP contribution >= 0.6 is 21.8 Å². The highest BCUT2D eigenvalue weighted by atomic mass is 33.1. The second kappa shape index (κ2) is 5.05. The summed E-state index contributed by atoms with van der Waals surface area (Å²) in [4.78, 5) is 10.3. The van der Waals surface area contributed by atoms with Gasteiger partial charge in [0, 0.05) is 11.0 Å². The molecule has 0 unspecified atom stereocenters. The van der Waals surface area contributed by atoms with Crippen molar-refractivity contribution < 1.29 is 4.79 Å². The molecule has 0 bridgehead atoms. The number of carbonyl (C=O) groups is 1. The first-order valence-electron chi connectivity index (χ1n) is 1.93. The van der Waals surface area contributed by atoms with Gasteiger partial charge in [-0.3, -0.25) is 9.52 Å². The molecule has 46 valence electrons. The van der Waals surface area contributed by atoms with Crippen LogP contribution in [0.1, 0.15) is 0 Å². The number of hydrogen-bond donors (Lipinski definition) is 1. The minimum absolute atomic E-state index is 0.149. The number of rotatable bonds is 3. The van der Waals surface area contributed by atoms with Crippen LogP contribution in [0.2, 0.25) is 0 Å². The Kier molecular flexibility index (Phi) is 5.00. The Bertz CT molecular complexity index is 94.0. The molecule has 0 aromatic rings. The minimum Gasteiger partial charge on any atom is -0.287 e. The van der Waals surface area contributed by atoms with Crippen molar-refractivity contribution in [3.63, 3.8) is 0 Å². The second-order valence-corrected chi connectivity index (χ2v) is 3.12. The molecule has 2 nitrogen and oxygen atoms in total. The predicted molar refractivity (Wildman–Crippen MR) is 39.4 cm³/mol. The van der Waals surface area contributed by atoms with Gasteiger partial charge in [-0.05, 0) is 12.3 Å². The van der Waals surface area contributed by atoms with E-state index in [0.717, 1.165) is 0 Å². The van der Waals surface area contributed by atoms with Crippen molar-refractivity contribution in [2.45, 2.75) is 0 Å². The van der Waals surface area contributed by atoms with Gasteiger partial charge in [-0.25, -0.2) is 0 Å². The summed E-state index contributed by atoms with van der Waals surface area (Å²) in [5.74, 6) is -0.149. The zero-order chi connectivity index (χ0) is 6.41. The molecule has 0 saturated carbocycles. The fraction of sp³-hybridized carbons (Fsp3) is 0.250. The molecule has 0 aliphatic carbocycles. The van der Waals surface area contributed by atoms with Gasteiger partial charge in [-0.2, -0.15) is 0 Å². The first-order chi connectivity index (χ1) is 3.81. The fourth-order valence-electron chi connectivity index (χ4n) is 0.124. The van der Waals surface area contributed by atoms with Gasteiger partial charge in [0.25, 0.3) is 5.91 Å². The second-order valence-electron chi connectivity index (χ2n) is 0.920. The van der Waals surface area contributed by atoms with Crippen molar-refractivity contribution in [3.8, 4) is 0 Å².